The molecule has 1 rings (SSSR count). The number of rotatable bonds is 4. The van der Waals surface area contributed by atoms with Crippen LogP contribution in [-0.2, 0) is 0 Å². The summed E-state index contributed by atoms with van der Waals surface area (Å²) in [6.45, 7) is 6.51. The number of pyridine rings is 1. The van der Waals surface area contributed by atoms with Gasteiger partial charge < -0.3 is 15.0 Å². The summed E-state index contributed by atoms with van der Waals surface area (Å²) in [6, 6.07) is 2.78. The Bertz CT molecular complexity index is 442. The topological polar surface area (TPSA) is 76.3 Å². The third-order valence-electron chi connectivity index (χ3n) is 2.42. The van der Waals surface area contributed by atoms with E-state index in [9.17, 15) is 14.9 Å². The van der Waals surface area contributed by atoms with Gasteiger partial charge in [0.05, 0.1) is 5.56 Å². The van der Waals surface area contributed by atoms with Crippen molar-refractivity contribution in [2.45, 2.75) is 20.8 Å². The van der Waals surface area contributed by atoms with E-state index in [1.165, 1.54) is 6.07 Å². The molecule has 92 valence electrons. The minimum Gasteiger partial charge on any atom is -0.358 e. The lowest BCUT2D eigenvalue weighted by Crippen LogP contribution is -2.30. The van der Waals surface area contributed by atoms with E-state index in [-0.39, 0.29) is 11.7 Å². The maximum atomic E-state index is 12.0. The maximum absolute atomic E-state index is 12.0. The Morgan fingerprint density at radius 1 is 1.41 bits per heavy atom. The van der Waals surface area contributed by atoms with Gasteiger partial charge >= 0.3 is 5.82 Å². The van der Waals surface area contributed by atoms with Gasteiger partial charge in [-0.15, -0.1) is 0 Å². The van der Waals surface area contributed by atoms with E-state index in [0.29, 0.717) is 24.3 Å². The summed E-state index contributed by atoms with van der Waals surface area (Å²) in [5, 5.41) is 10.7. The summed E-state index contributed by atoms with van der Waals surface area (Å²) in [5.41, 5.74) is 0.780. The van der Waals surface area contributed by atoms with Crippen LogP contribution in [0.1, 0.15) is 29.9 Å². The van der Waals surface area contributed by atoms with Gasteiger partial charge in [-0.25, -0.2) is 0 Å². The predicted octanol–water partition coefficient (Wildman–Crippen LogP) is 1.78. The molecule has 0 aliphatic rings. The van der Waals surface area contributed by atoms with Gasteiger partial charge in [0.15, 0.2) is 5.69 Å². The van der Waals surface area contributed by atoms with Crippen molar-refractivity contribution in [2.75, 3.05) is 13.1 Å². The molecule has 1 amide bonds. The molecule has 0 aliphatic carbocycles. The fourth-order valence-electron chi connectivity index (χ4n) is 1.56. The molecule has 0 aromatic carbocycles. The summed E-state index contributed by atoms with van der Waals surface area (Å²) in [6.07, 6.45) is 0. The molecular weight excluding hydrogens is 222 g/mol. The Hall–Kier alpha value is -1.98. The van der Waals surface area contributed by atoms with Crippen LogP contribution in [-0.4, -0.2) is 33.8 Å². The zero-order chi connectivity index (χ0) is 13.0. The number of aryl methyl sites for hydroxylation is 1. The molecule has 0 N–H and O–H groups in total. The summed E-state index contributed by atoms with van der Waals surface area (Å²) in [7, 11) is 0. The highest BCUT2D eigenvalue weighted by Gasteiger charge is 2.18. The number of aromatic nitrogens is 1. The highest BCUT2D eigenvalue weighted by Crippen LogP contribution is 2.14. The molecule has 1 heterocycles. The number of carbonyl (C=O) groups excluding carboxylic acids is 1. The molecule has 17 heavy (non-hydrogen) atoms. The van der Waals surface area contributed by atoms with Gasteiger partial charge in [0.1, 0.15) is 0 Å². The predicted molar refractivity (Wildman–Crippen MR) is 62.9 cm³/mol. The molecule has 0 atom stereocenters. The Labute approximate surface area is 99.4 Å². The first kappa shape index (κ1) is 13.1. The summed E-state index contributed by atoms with van der Waals surface area (Å²) >= 11 is 0. The summed E-state index contributed by atoms with van der Waals surface area (Å²) < 4.78 is 0. The van der Waals surface area contributed by atoms with E-state index >= 15 is 0 Å². The molecule has 6 nitrogen and oxygen atoms in total. The number of nitrogens with zero attached hydrogens (tertiary/aromatic N) is 3. The van der Waals surface area contributed by atoms with Crippen molar-refractivity contribution in [1.29, 1.82) is 0 Å². The van der Waals surface area contributed by atoms with Crippen LogP contribution in [0, 0.1) is 17.0 Å². The van der Waals surface area contributed by atoms with Crippen molar-refractivity contribution in [3.63, 3.8) is 0 Å². The molecule has 0 fully saturated rings. The van der Waals surface area contributed by atoms with Gasteiger partial charge in [-0.2, -0.15) is 0 Å². The fourth-order valence-corrected chi connectivity index (χ4v) is 1.56. The second kappa shape index (κ2) is 5.38. The lowest BCUT2D eigenvalue weighted by Gasteiger charge is -2.18. The standard InChI is InChI=1S/C11H15N3O3/c1-4-13(5-2)11(15)9-6-8(3)12-10(7-9)14(16)17/h6-7H,4-5H2,1-3H3. The Kier molecular flexibility index (Phi) is 4.14. The van der Waals surface area contributed by atoms with Gasteiger partial charge in [-0.05, 0) is 29.8 Å². The first-order chi connectivity index (χ1) is 7.99. The van der Waals surface area contributed by atoms with E-state index < -0.39 is 4.92 Å². The van der Waals surface area contributed by atoms with Crippen LogP contribution < -0.4 is 0 Å². The van der Waals surface area contributed by atoms with E-state index in [4.69, 9.17) is 0 Å². The number of hydrogen-bond donors (Lipinski definition) is 0. The molecule has 0 aliphatic heterocycles. The van der Waals surface area contributed by atoms with Gasteiger partial charge in [-0.3, -0.25) is 4.79 Å². The first-order valence-corrected chi connectivity index (χ1v) is 5.42. The van der Waals surface area contributed by atoms with E-state index in [1.54, 1.807) is 17.9 Å². The molecule has 0 saturated heterocycles. The average Bonchev–Trinajstić information content (AvgIpc) is 2.29. The number of amides is 1. The Balaban J connectivity index is 3.13. The van der Waals surface area contributed by atoms with E-state index in [1.807, 2.05) is 13.8 Å². The highest BCUT2D eigenvalue weighted by atomic mass is 16.6. The molecular formula is C11H15N3O3. The van der Waals surface area contributed by atoms with Crippen LogP contribution in [0.4, 0.5) is 5.82 Å². The normalized spacial score (nSPS) is 10.1. The van der Waals surface area contributed by atoms with Crippen molar-refractivity contribution in [2.24, 2.45) is 0 Å². The lowest BCUT2D eigenvalue weighted by molar-refractivity contribution is -0.389. The smallest absolute Gasteiger partial charge is 0.358 e. The first-order valence-electron chi connectivity index (χ1n) is 5.42. The summed E-state index contributed by atoms with van der Waals surface area (Å²) in [5.74, 6) is -0.496. The largest absolute Gasteiger partial charge is 0.364 e. The van der Waals surface area contributed by atoms with Crippen molar-refractivity contribution in [3.8, 4) is 0 Å². The Morgan fingerprint density at radius 3 is 2.47 bits per heavy atom. The van der Waals surface area contributed by atoms with Crippen molar-refractivity contribution in [3.05, 3.63) is 33.5 Å². The van der Waals surface area contributed by atoms with E-state index in [2.05, 4.69) is 4.98 Å². The third kappa shape index (κ3) is 2.99. The van der Waals surface area contributed by atoms with Crippen LogP contribution >= 0.6 is 0 Å². The number of nitro groups is 1. The minimum atomic E-state index is -0.591. The maximum Gasteiger partial charge on any atom is 0.364 e. The molecule has 1 aromatic rings. The molecule has 0 radical (unpaired) electrons. The van der Waals surface area contributed by atoms with Crippen LogP contribution in [0.5, 0.6) is 0 Å². The van der Waals surface area contributed by atoms with Gasteiger partial charge in [-0.1, -0.05) is 0 Å². The van der Waals surface area contributed by atoms with Crippen LogP contribution in [0.3, 0.4) is 0 Å². The summed E-state index contributed by atoms with van der Waals surface area (Å²) in [4.78, 5) is 27.4. The number of carbonyl (C=O) groups is 1. The monoisotopic (exact) mass is 237 g/mol. The molecule has 6 heteroatoms. The second-order valence-electron chi connectivity index (χ2n) is 3.59. The van der Waals surface area contributed by atoms with Crippen LogP contribution in [0.15, 0.2) is 12.1 Å². The van der Waals surface area contributed by atoms with Crippen molar-refractivity contribution < 1.29 is 9.72 Å². The van der Waals surface area contributed by atoms with Crippen molar-refractivity contribution >= 4 is 11.7 Å². The Morgan fingerprint density at radius 2 is 2.00 bits per heavy atom. The van der Waals surface area contributed by atoms with Gasteiger partial charge in [0, 0.05) is 26.1 Å². The quantitative estimate of drug-likeness (QED) is 0.590. The molecule has 0 spiro atoms. The van der Waals surface area contributed by atoms with Crippen LogP contribution in [0.25, 0.3) is 0 Å². The van der Waals surface area contributed by atoms with Gasteiger partial charge in [0.2, 0.25) is 0 Å². The molecule has 0 saturated carbocycles. The van der Waals surface area contributed by atoms with E-state index in [0.717, 1.165) is 0 Å². The molecule has 0 unspecified atom stereocenters. The minimum absolute atomic E-state index is 0.205. The lowest BCUT2D eigenvalue weighted by atomic mass is 10.2. The second-order valence-corrected chi connectivity index (χ2v) is 3.59. The zero-order valence-electron chi connectivity index (χ0n) is 10.1. The molecule has 0 bridgehead atoms. The molecule has 1 aromatic heterocycles. The van der Waals surface area contributed by atoms with Gasteiger partial charge in [0.25, 0.3) is 5.91 Å². The van der Waals surface area contributed by atoms with Crippen molar-refractivity contribution in [1.82, 2.24) is 9.88 Å². The fraction of sp³-hybridized carbons (Fsp3) is 0.455. The third-order valence-corrected chi connectivity index (χ3v) is 2.42. The average molecular weight is 237 g/mol. The van der Waals surface area contributed by atoms with Crippen LogP contribution in [0.2, 0.25) is 0 Å². The zero-order valence-corrected chi connectivity index (χ0v) is 10.1. The SMILES string of the molecule is CCN(CC)C(=O)c1cc(C)nc([N+](=O)[O-])c1. The number of hydrogen-bond acceptors (Lipinski definition) is 4. The highest BCUT2D eigenvalue weighted by molar-refractivity contribution is 5.94.